The van der Waals surface area contributed by atoms with E-state index in [9.17, 15) is 27.6 Å². The Labute approximate surface area is 177 Å². The first-order chi connectivity index (χ1) is 14.5. The molecule has 31 heavy (non-hydrogen) atoms. The second kappa shape index (κ2) is 8.56. The molecule has 1 aromatic heterocycles. The minimum Gasteiger partial charge on any atom is -0.341 e. The number of aryl methyl sites for hydroxylation is 1. The lowest BCUT2D eigenvalue weighted by Crippen LogP contribution is -2.46. The molecule has 1 aliphatic heterocycles. The van der Waals surface area contributed by atoms with E-state index in [1.54, 1.807) is 11.5 Å². The molecule has 1 atom stereocenters. The Bertz CT molecular complexity index is 1040. The summed E-state index contributed by atoms with van der Waals surface area (Å²) in [5, 5.41) is 4.71. The summed E-state index contributed by atoms with van der Waals surface area (Å²) in [7, 11) is 0. The first kappa shape index (κ1) is 22.6. The van der Waals surface area contributed by atoms with Gasteiger partial charge in [0, 0.05) is 24.8 Å². The van der Waals surface area contributed by atoms with Crippen molar-refractivity contribution in [2.24, 2.45) is 0 Å². The highest BCUT2D eigenvalue weighted by Crippen LogP contribution is 2.26. The number of nitrogens with zero attached hydrogens (tertiary/aromatic N) is 1. The largest absolute Gasteiger partial charge is 0.341 e. The topological polar surface area (TPSA) is 80.2 Å². The van der Waals surface area contributed by atoms with Crippen molar-refractivity contribution in [1.82, 2.24) is 9.88 Å². The Kier molecular flexibility index (Phi) is 6.24. The molecule has 0 fully saturated rings. The number of nitrogens with one attached hydrogen (secondary N) is 2. The highest BCUT2D eigenvalue weighted by atomic mass is 19.3. The van der Waals surface area contributed by atoms with Gasteiger partial charge in [-0.15, -0.1) is 0 Å². The zero-order valence-corrected chi connectivity index (χ0v) is 17.5. The van der Waals surface area contributed by atoms with Crippen LogP contribution in [-0.4, -0.2) is 34.1 Å². The van der Waals surface area contributed by atoms with Crippen LogP contribution in [-0.2, 0) is 17.8 Å². The second-order valence-corrected chi connectivity index (χ2v) is 7.90. The van der Waals surface area contributed by atoms with Crippen molar-refractivity contribution >= 4 is 23.3 Å². The number of ketones is 1. The van der Waals surface area contributed by atoms with Crippen molar-refractivity contribution in [2.75, 3.05) is 5.32 Å². The monoisotopic (exact) mass is 435 g/mol. The molecule has 2 heterocycles. The quantitative estimate of drug-likeness (QED) is 0.534. The van der Waals surface area contributed by atoms with E-state index < -0.39 is 35.4 Å². The maximum Gasteiger partial charge on any atom is 0.294 e. The van der Waals surface area contributed by atoms with Crippen molar-refractivity contribution in [2.45, 2.75) is 58.5 Å². The van der Waals surface area contributed by atoms with Gasteiger partial charge in [0.15, 0.2) is 0 Å². The van der Waals surface area contributed by atoms with Gasteiger partial charge in [-0.25, -0.2) is 13.2 Å². The number of hydrogen-bond donors (Lipinski definition) is 2. The average molecular weight is 435 g/mol. The molecule has 0 spiro atoms. The van der Waals surface area contributed by atoms with Gasteiger partial charge in [-0.2, -0.15) is 0 Å². The number of anilines is 1. The van der Waals surface area contributed by atoms with Crippen molar-refractivity contribution in [1.29, 1.82) is 0 Å². The number of carbonyl (C=O) groups is 3. The molecular weight excluding hydrogens is 411 g/mol. The zero-order valence-electron chi connectivity index (χ0n) is 17.5. The predicted molar refractivity (Wildman–Crippen MR) is 109 cm³/mol. The number of hydrogen-bond acceptors (Lipinski definition) is 3. The second-order valence-electron chi connectivity index (χ2n) is 7.90. The lowest BCUT2D eigenvalue weighted by Gasteiger charge is -2.21. The van der Waals surface area contributed by atoms with Crippen LogP contribution < -0.4 is 10.6 Å². The molecule has 0 radical (unpaired) electrons. The highest BCUT2D eigenvalue weighted by molar-refractivity contribution is 6.42. The van der Waals surface area contributed by atoms with Crippen LogP contribution >= 0.6 is 0 Å². The van der Waals surface area contributed by atoms with Crippen LogP contribution in [0.3, 0.4) is 0 Å². The molecule has 0 saturated heterocycles. The molecule has 0 aliphatic carbocycles. The Morgan fingerprint density at radius 1 is 1.16 bits per heavy atom. The maximum atomic E-state index is 13.5. The van der Waals surface area contributed by atoms with Gasteiger partial charge < -0.3 is 15.2 Å². The SMILES string of the molecule is Cc1cc(NC(=O)c2cc(C(=O)C(=O)N[C@H](C)C(C)(F)F)n3c2CCCC3)ccc1F. The van der Waals surface area contributed by atoms with Crippen molar-refractivity contribution in [3.05, 3.63) is 52.6 Å². The first-order valence-electron chi connectivity index (χ1n) is 10.0. The van der Waals surface area contributed by atoms with Crippen molar-refractivity contribution < 1.29 is 27.6 Å². The number of aromatic nitrogens is 1. The Morgan fingerprint density at radius 2 is 1.87 bits per heavy atom. The summed E-state index contributed by atoms with van der Waals surface area (Å²) < 4.78 is 41.8. The van der Waals surface area contributed by atoms with E-state index in [1.165, 1.54) is 24.3 Å². The van der Waals surface area contributed by atoms with Gasteiger partial charge in [-0.05, 0) is 62.9 Å². The molecule has 2 aromatic rings. The van der Waals surface area contributed by atoms with Gasteiger partial charge >= 0.3 is 0 Å². The number of rotatable bonds is 6. The summed E-state index contributed by atoms with van der Waals surface area (Å²) in [6.45, 7) is 3.77. The van der Waals surface area contributed by atoms with Gasteiger partial charge in [0.05, 0.1) is 17.3 Å². The minimum atomic E-state index is -3.19. The molecule has 2 N–H and O–H groups in total. The molecular formula is C22H24F3N3O3. The average Bonchev–Trinajstić information content (AvgIpc) is 3.09. The normalized spacial score (nSPS) is 14.5. The summed E-state index contributed by atoms with van der Waals surface area (Å²) >= 11 is 0. The smallest absolute Gasteiger partial charge is 0.294 e. The minimum absolute atomic E-state index is 0.0146. The molecule has 0 bridgehead atoms. The summed E-state index contributed by atoms with van der Waals surface area (Å²) in [4.78, 5) is 37.9. The van der Waals surface area contributed by atoms with Crippen LogP contribution in [0.5, 0.6) is 0 Å². The molecule has 9 heteroatoms. The first-order valence-corrected chi connectivity index (χ1v) is 10.0. The van der Waals surface area contributed by atoms with E-state index in [4.69, 9.17) is 0 Å². The van der Waals surface area contributed by atoms with Gasteiger partial charge in [-0.1, -0.05) is 0 Å². The van der Waals surface area contributed by atoms with Crippen LogP contribution in [0.15, 0.2) is 24.3 Å². The molecule has 6 nitrogen and oxygen atoms in total. The Hall–Kier alpha value is -3.10. The number of Topliss-reactive ketones (excluding diaryl/α,β-unsaturated/α-hetero) is 1. The summed E-state index contributed by atoms with van der Waals surface area (Å²) in [5.41, 5.74) is 1.58. The van der Waals surface area contributed by atoms with Crippen LogP contribution in [0.25, 0.3) is 0 Å². The lowest BCUT2D eigenvalue weighted by atomic mass is 10.1. The standard InChI is InChI=1S/C22H24F3N3O3/c1-12-10-14(7-8-16(12)23)27-20(30)15-11-18(28-9-5-4-6-17(15)28)19(29)21(31)26-13(2)22(3,24)25/h7-8,10-11,13H,4-6,9H2,1-3H3,(H,26,31)(H,27,30)/t13-/m1/s1. The van der Waals surface area contributed by atoms with Gasteiger partial charge in [0.2, 0.25) is 0 Å². The molecule has 2 amide bonds. The van der Waals surface area contributed by atoms with E-state index in [2.05, 4.69) is 5.32 Å². The van der Waals surface area contributed by atoms with Crippen LogP contribution in [0.1, 0.15) is 58.8 Å². The third-order valence-corrected chi connectivity index (χ3v) is 5.46. The highest BCUT2D eigenvalue weighted by Gasteiger charge is 2.34. The van der Waals surface area contributed by atoms with Crippen molar-refractivity contribution in [3.8, 4) is 0 Å². The van der Waals surface area contributed by atoms with E-state index in [0.29, 0.717) is 36.8 Å². The van der Waals surface area contributed by atoms with Gasteiger partial charge in [0.1, 0.15) is 5.82 Å². The van der Waals surface area contributed by atoms with Gasteiger partial charge in [0.25, 0.3) is 23.5 Å². The van der Waals surface area contributed by atoms with E-state index >= 15 is 0 Å². The third kappa shape index (κ3) is 4.81. The fourth-order valence-corrected chi connectivity index (χ4v) is 3.49. The Balaban J connectivity index is 1.88. The van der Waals surface area contributed by atoms with Crippen molar-refractivity contribution in [3.63, 3.8) is 0 Å². The van der Waals surface area contributed by atoms with E-state index in [0.717, 1.165) is 19.8 Å². The molecule has 166 valence electrons. The summed E-state index contributed by atoms with van der Waals surface area (Å²) in [6.07, 6.45) is 2.09. The molecule has 3 rings (SSSR count). The molecule has 1 aromatic carbocycles. The molecule has 0 unspecified atom stereocenters. The number of halogens is 3. The summed E-state index contributed by atoms with van der Waals surface area (Å²) in [6, 6.07) is 3.95. The maximum absolute atomic E-state index is 13.5. The lowest BCUT2D eigenvalue weighted by molar-refractivity contribution is -0.120. The number of amides is 2. The van der Waals surface area contributed by atoms with Crippen LogP contribution in [0.4, 0.5) is 18.9 Å². The molecule has 0 saturated carbocycles. The van der Waals surface area contributed by atoms with Gasteiger partial charge in [-0.3, -0.25) is 14.4 Å². The summed E-state index contributed by atoms with van der Waals surface area (Å²) in [5.74, 6) is -6.21. The van der Waals surface area contributed by atoms with Crippen LogP contribution in [0, 0.1) is 12.7 Å². The predicted octanol–water partition coefficient (Wildman–Crippen LogP) is 3.87. The number of alkyl halides is 2. The molecule has 1 aliphatic rings. The zero-order chi connectivity index (χ0) is 22.9. The number of fused-ring (bicyclic) bond motifs is 1. The van der Waals surface area contributed by atoms with E-state index in [-0.39, 0.29) is 11.3 Å². The fraction of sp³-hybridized carbons (Fsp3) is 0.409. The number of carbonyl (C=O) groups excluding carboxylic acids is 3. The fourth-order valence-electron chi connectivity index (χ4n) is 3.49. The van der Waals surface area contributed by atoms with E-state index in [1.807, 2.05) is 5.32 Å². The van der Waals surface area contributed by atoms with Crippen LogP contribution in [0.2, 0.25) is 0 Å². The number of benzene rings is 1. The Morgan fingerprint density at radius 3 is 2.52 bits per heavy atom. The third-order valence-electron chi connectivity index (χ3n) is 5.46.